The van der Waals surface area contributed by atoms with Crippen molar-refractivity contribution in [3.8, 4) is 0 Å². The minimum absolute atomic E-state index is 0.257. The van der Waals surface area contributed by atoms with Gasteiger partial charge in [0, 0.05) is 17.3 Å². The summed E-state index contributed by atoms with van der Waals surface area (Å²) in [6.45, 7) is 0. The zero-order valence-electron chi connectivity index (χ0n) is 9.25. The van der Waals surface area contributed by atoms with Crippen LogP contribution >= 0.6 is 11.6 Å². The number of aliphatic hydroxyl groups excluding tert-OH is 1. The normalized spacial score (nSPS) is 18.0. The molecule has 1 aliphatic heterocycles. The lowest BCUT2D eigenvalue weighted by molar-refractivity contribution is 0.0933. The van der Waals surface area contributed by atoms with Crippen molar-refractivity contribution in [3.05, 3.63) is 58.7 Å². The summed E-state index contributed by atoms with van der Waals surface area (Å²) >= 11 is 5.75. The number of pyridine rings is 1. The summed E-state index contributed by atoms with van der Waals surface area (Å²) in [5, 5.41) is 10.7. The standard InChI is InChI=1S/C13H9ClN2O2/c14-8-5-6-11(15-7-8)16-12(17)9-3-1-2-4-10(9)13(16)18/h1-7,12,17H. The Labute approximate surface area is 108 Å². The zero-order chi connectivity index (χ0) is 12.7. The van der Waals surface area contributed by atoms with Crippen molar-refractivity contribution in [3.63, 3.8) is 0 Å². The summed E-state index contributed by atoms with van der Waals surface area (Å²) in [4.78, 5) is 17.5. The maximum absolute atomic E-state index is 12.2. The van der Waals surface area contributed by atoms with Crippen LogP contribution in [0.25, 0.3) is 0 Å². The van der Waals surface area contributed by atoms with Crippen LogP contribution in [0.1, 0.15) is 22.1 Å². The first-order valence-corrected chi connectivity index (χ1v) is 5.78. The van der Waals surface area contributed by atoms with Gasteiger partial charge in [0.15, 0.2) is 6.23 Å². The fraction of sp³-hybridized carbons (Fsp3) is 0.0769. The van der Waals surface area contributed by atoms with Gasteiger partial charge < -0.3 is 5.11 Å². The molecule has 0 saturated heterocycles. The highest BCUT2D eigenvalue weighted by Crippen LogP contribution is 2.34. The lowest BCUT2D eigenvalue weighted by Gasteiger charge is -2.19. The van der Waals surface area contributed by atoms with Gasteiger partial charge in [-0.15, -0.1) is 0 Å². The Morgan fingerprint density at radius 3 is 2.67 bits per heavy atom. The molecule has 0 saturated carbocycles. The summed E-state index contributed by atoms with van der Waals surface area (Å²) in [7, 11) is 0. The van der Waals surface area contributed by atoms with Gasteiger partial charge >= 0.3 is 0 Å². The predicted octanol–water partition coefficient (Wildman–Crippen LogP) is 2.39. The first-order chi connectivity index (χ1) is 8.68. The molecule has 0 bridgehead atoms. The molecule has 1 aromatic heterocycles. The van der Waals surface area contributed by atoms with E-state index in [4.69, 9.17) is 11.6 Å². The van der Waals surface area contributed by atoms with Crippen LogP contribution in [0.5, 0.6) is 0 Å². The van der Waals surface area contributed by atoms with Crippen LogP contribution in [0.4, 0.5) is 5.82 Å². The van der Waals surface area contributed by atoms with Gasteiger partial charge in [-0.1, -0.05) is 29.8 Å². The molecule has 0 radical (unpaired) electrons. The summed E-state index contributed by atoms with van der Waals surface area (Å²) < 4.78 is 0. The second-order valence-corrected chi connectivity index (χ2v) is 4.41. The predicted molar refractivity (Wildman–Crippen MR) is 67.5 cm³/mol. The number of fused-ring (bicyclic) bond motifs is 1. The monoisotopic (exact) mass is 260 g/mol. The Hall–Kier alpha value is -1.91. The molecule has 0 aliphatic carbocycles. The lowest BCUT2D eigenvalue weighted by Crippen LogP contribution is -2.28. The molecule has 0 fully saturated rings. The summed E-state index contributed by atoms with van der Waals surface area (Å²) in [6.07, 6.45) is 0.447. The Bertz CT molecular complexity index is 613. The van der Waals surface area contributed by atoms with E-state index in [0.29, 0.717) is 22.0 Å². The molecule has 2 aromatic rings. The first-order valence-electron chi connectivity index (χ1n) is 5.40. The molecular weight excluding hydrogens is 252 g/mol. The Morgan fingerprint density at radius 2 is 2.00 bits per heavy atom. The fourth-order valence-electron chi connectivity index (χ4n) is 2.04. The average Bonchev–Trinajstić information content (AvgIpc) is 2.64. The molecule has 2 heterocycles. The molecule has 18 heavy (non-hydrogen) atoms. The van der Waals surface area contributed by atoms with Gasteiger partial charge in [-0.25, -0.2) is 4.98 Å². The van der Waals surface area contributed by atoms with Crippen molar-refractivity contribution < 1.29 is 9.90 Å². The van der Waals surface area contributed by atoms with E-state index >= 15 is 0 Å². The number of hydrogen-bond acceptors (Lipinski definition) is 3. The van der Waals surface area contributed by atoms with Gasteiger partial charge in [-0.3, -0.25) is 9.69 Å². The van der Waals surface area contributed by atoms with Crippen molar-refractivity contribution in [2.45, 2.75) is 6.23 Å². The molecule has 1 aliphatic rings. The number of halogens is 1. The maximum atomic E-state index is 12.2. The molecule has 1 aromatic carbocycles. The number of hydrogen-bond donors (Lipinski definition) is 1. The average molecular weight is 261 g/mol. The largest absolute Gasteiger partial charge is 0.369 e. The molecule has 1 unspecified atom stereocenters. The van der Waals surface area contributed by atoms with E-state index in [9.17, 15) is 9.90 Å². The third-order valence-corrected chi connectivity index (χ3v) is 3.11. The number of amides is 1. The lowest BCUT2D eigenvalue weighted by atomic mass is 10.1. The number of carbonyl (C=O) groups excluding carboxylic acids is 1. The van der Waals surface area contributed by atoms with E-state index in [2.05, 4.69) is 4.98 Å². The van der Waals surface area contributed by atoms with Crippen LogP contribution in [-0.4, -0.2) is 16.0 Å². The zero-order valence-corrected chi connectivity index (χ0v) is 10.0. The summed E-state index contributed by atoms with van der Waals surface area (Å²) in [5.74, 6) is 0.126. The highest BCUT2D eigenvalue weighted by molar-refractivity contribution is 6.30. The van der Waals surface area contributed by atoms with E-state index < -0.39 is 6.23 Å². The molecule has 1 atom stereocenters. The molecule has 4 nitrogen and oxygen atoms in total. The van der Waals surface area contributed by atoms with Crippen molar-refractivity contribution in [2.24, 2.45) is 0 Å². The van der Waals surface area contributed by atoms with Crippen LogP contribution in [0.3, 0.4) is 0 Å². The SMILES string of the molecule is O=C1c2ccccc2C(O)N1c1ccc(Cl)cn1. The number of aliphatic hydroxyl groups is 1. The second kappa shape index (κ2) is 4.08. The van der Waals surface area contributed by atoms with Crippen LogP contribution in [0, 0.1) is 0 Å². The molecule has 90 valence electrons. The molecule has 5 heteroatoms. The van der Waals surface area contributed by atoms with E-state index in [-0.39, 0.29) is 5.91 Å². The first kappa shape index (κ1) is 11.2. The molecule has 1 amide bonds. The van der Waals surface area contributed by atoms with Crippen molar-refractivity contribution in [1.29, 1.82) is 0 Å². The van der Waals surface area contributed by atoms with Gasteiger partial charge in [-0.2, -0.15) is 0 Å². The van der Waals surface area contributed by atoms with Crippen LogP contribution in [0.15, 0.2) is 42.6 Å². The number of nitrogens with zero attached hydrogens (tertiary/aromatic N) is 2. The maximum Gasteiger partial charge on any atom is 0.262 e. The van der Waals surface area contributed by atoms with Gasteiger partial charge in [0.2, 0.25) is 0 Å². The third kappa shape index (κ3) is 1.58. The van der Waals surface area contributed by atoms with E-state index in [1.54, 1.807) is 36.4 Å². The van der Waals surface area contributed by atoms with Gasteiger partial charge in [0.1, 0.15) is 5.82 Å². The molecule has 1 N–H and O–H groups in total. The number of rotatable bonds is 1. The number of carbonyl (C=O) groups is 1. The van der Waals surface area contributed by atoms with Crippen LogP contribution in [-0.2, 0) is 0 Å². The third-order valence-electron chi connectivity index (χ3n) is 2.89. The van der Waals surface area contributed by atoms with Crippen molar-refractivity contribution >= 4 is 23.3 Å². The van der Waals surface area contributed by atoms with E-state index in [1.165, 1.54) is 11.1 Å². The van der Waals surface area contributed by atoms with Gasteiger partial charge in [-0.05, 0) is 18.2 Å². The highest BCUT2D eigenvalue weighted by atomic mass is 35.5. The molecule has 0 spiro atoms. The van der Waals surface area contributed by atoms with Gasteiger partial charge in [0.25, 0.3) is 5.91 Å². The molecule has 3 rings (SSSR count). The van der Waals surface area contributed by atoms with Crippen molar-refractivity contribution in [2.75, 3.05) is 4.90 Å². The van der Waals surface area contributed by atoms with E-state index in [0.717, 1.165) is 0 Å². The van der Waals surface area contributed by atoms with Gasteiger partial charge in [0.05, 0.1) is 5.02 Å². The van der Waals surface area contributed by atoms with Crippen molar-refractivity contribution in [1.82, 2.24) is 4.98 Å². The second-order valence-electron chi connectivity index (χ2n) is 3.97. The fourth-order valence-corrected chi connectivity index (χ4v) is 2.15. The number of benzene rings is 1. The quantitative estimate of drug-likeness (QED) is 0.857. The van der Waals surface area contributed by atoms with Crippen LogP contribution < -0.4 is 4.90 Å². The Morgan fingerprint density at radius 1 is 1.22 bits per heavy atom. The summed E-state index contributed by atoms with van der Waals surface area (Å²) in [5.41, 5.74) is 1.10. The topological polar surface area (TPSA) is 53.4 Å². The van der Waals surface area contributed by atoms with Crippen LogP contribution in [0.2, 0.25) is 5.02 Å². The minimum Gasteiger partial charge on any atom is -0.369 e. The highest BCUT2D eigenvalue weighted by Gasteiger charge is 2.36. The minimum atomic E-state index is -0.998. The summed E-state index contributed by atoms with van der Waals surface area (Å²) in [6, 6.07) is 10.2. The smallest absolute Gasteiger partial charge is 0.262 e. The molecular formula is C13H9ClN2O2. The Balaban J connectivity index is 2.06. The number of aromatic nitrogens is 1. The Kier molecular flexibility index (Phi) is 2.54. The number of anilines is 1. The van der Waals surface area contributed by atoms with E-state index in [1.807, 2.05) is 0 Å².